The number of alkyl halides is 3. The molecule has 3 rings (SSSR count). The van der Waals surface area contributed by atoms with Crippen LogP contribution in [0.25, 0.3) is 0 Å². The quantitative estimate of drug-likeness (QED) is 0.511. The molecule has 1 heterocycles. The highest BCUT2D eigenvalue weighted by Gasteiger charge is 2.32. The van der Waals surface area contributed by atoms with Crippen molar-refractivity contribution in [3.05, 3.63) is 59.7 Å². The first-order chi connectivity index (χ1) is 16.1. The highest BCUT2D eigenvalue weighted by molar-refractivity contribution is 7.89. The van der Waals surface area contributed by atoms with Crippen LogP contribution in [-0.2, 0) is 19.6 Å². The molecule has 34 heavy (non-hydrogen) atoms. The van der Waals surface area contributed by atoms with Crippen LogP contribution in [0.15, 0.2) is 58.6 Å². The lowest BCUT2D eigenvalue weighted by molar-refractivity contribution is -0.274. The predicted molar refractivity (Wildman–Crippen MR) is 115 cm³/mol. The number of benzene rings is 2. The second kappa shape index (κ2) is 10.9. The molecular formula is C22H22F3N3O5S. The third kappa shape index (κ3) is 6.69. The van der Waals surface area contributed by atoms with Gasteiger partial charge in [-0.3, -0.25) is 0 Å². The summed E-state index contributed by atoms with van der Waals surface area (Å²) in [5.41, 5.74) is 1.87. The average molecular weight is 497 g/mol. The number of halogens is 3. The van der Waals surface area contributed by atoms with Crippen LogP contribution >= 0.6 is 0 Å². The Labute approximate surface area is 195 Å². The molecule has 0 saturated carbocycles. The number of hydrogen-bond donors (Lipinski definition) is 0. The zero-order valence-corrected chi connectivity index (χ0v) is 19.0. The molecule has 2 aromatic carbocycles. The Morgan fingerprint density at radius 2 is 1.82 bits per heavy atom. The number of sulfonamides is 1. The van der Waals surface area contributed by atoms with Crippen LogP contribution in [0.5, 0.6) is 5.75 Å². The lowest BCUT2D eigenvalue weighted by Crippen LogP contribution is -2.38. The SMILES string of the molecule is COCC(ON=C1CCN(S(=O)(=O)c2ccc(OC(F)(F)F)cc2)CC1)c1cccc(C#N)c1. The first-order valence-corrected chi connectivity index (χ1v) is 11.6. The van der Waals surface area contributed by atoms with Crippen molar-refractivity contribution in [2.24, 2.45) is 5.16 Å². The van der Waals surface area contributed by atoms with Gasteiger partial charge in [0, 0.05) is 33.0 Å². The molecule has 0 N–H and O–H groups in total. The molecule has 0 spiro atoms. The van der Waals surface area contributed by atoms with Crippen LogP contribution in [0.3, 0.4) is 0 Å². The molecule has 1 aliphatic rings. The van der Waals surface area contributed by atoms with Gasteiger partial charge in [0.2, 0.25) is 10.0 Å². The molecule has 8 nitrogen and oxygen atoms in total. The van der Waals surface area contributed by atoms with E-state index in [4.69, 9.17) is 14.8 Å². The first kappa shape index (κ1) is 25.5. The third-order valence-corrected chi connectivity index (χ3v) is 6.92. The fraction of sp³-hybridized carbons (Fsp3) is 0.364. The number of rotatable bonds is 8. The van der Waals surface area contributed by atoms with E-state index in [9.17, 15) is 21.6 Å². The topological polar surface area (TPSA) is 101 Å². The Morgan fingerprint density at radius 3 is 2.41 bits per heavy atom. The molecule has 0 radical (unpaired) electrons. The number of oxime groups is 1. The zero-order valence-electron chi connectivity index (χ0n) is 18.2. The molecule has 2 aromatic rings. The van der Waals surface area contributed by atoms with Crippen molar-refractivity contribution in [2.75, 3.05) is 26.8 Å². The molecule has 0 amide bonds. The van der Waals surface area contributed by atoms with E-state index < -0.39 is 28.2 Å². The maximum atomic E-state index is 12.8. The van der Waals surface area contributed by atoms with E-state index in [1.165, 1.54) is 11.4 Å². The highest BCUT2D eigenvalue weighted by Crippen LogP contribution is 2.26. The summed E-state index contributed by atoms with van der Waals surface area (Å²) in [6.45, 7) is 0.495. The summed E-state index contributed by atoms with van der Waals surface area (Å²) in [5.74, 6) is -0.498. The highest BCUT2D eigenvalue weighted by atomic mass is 32.2. The summed E-state index contributed by atoms with van der Waals surface area (Å²) in [4.78, 5) is 5.52. The van der Waals surface area contributed by atoms with Gasteiger partial charge in [-0.15, -0.1) is 13.2 Å². The van der Waals surface area contributed by atoms with Gasteiger partial charge in [0.05, 0.1) is 28.8 Å². The summed E-state index contributed by atoms with van der Waals surface area (Å²) in [7, 11) is -2.37. The van der Waals surface area contributed by atoms with Gasteiger partial charge in [-0.1, -0.05) is 17.3 Å². The number of piperidine rings is 1. The second-order valence-corrected chi connectivity index (χ2v) is 9.31. The molecule has 0 aliphatic carbocycles. The zero-order chi connectivity index (χ0) is 24.8. The molecule has 1 fully saturated rings. The van der Waals surface area contributed by atoms with Crippen LogP contribution < -0.4 is 4.74 Å². The van der Waals surface area contributed by atoms with Crippen LogP contribution in [0.2, 0.25) is 0 Å². The number of nitrogens with zero attached hydrogens (tertiary/aromatic N) is 3. The van der Waals surface area contributed by atoms with Gasteiger partial charge in [0.25, 0.3) is 0 Å². The smallest absolute Gasteiger partial charge is 0.406 e. The predicted octanol–water partition coefficient (Wildman–Crippen LogP) is 4.00. The van der Waals surface area contributed by atoms with Gasteiger partial charge in [-0.05, 0) is 42.0 Å². The van der Waals surface area contributed by atoms with E-state index in [-0.39, 0.29) is 24.6 Å². The lowest BCUT2D eigenvalue weighted by Gasteiger charge is -2.27. The van der Waals surface area contributed by atoms with E-state index in [0.29, 0.717) is 24.1 Å². The Bertz CT molecular complexity index is 1150. The first-order valence-electron chi connectivity index (χ1n) is 10.2. The van der Waals surface area contributed by atoms with Gasteiger partial charge >= 0.3 is 6.36 Å². The van der Waals surface area contributed by atoms with Gasteiger partial charge < -0.3 is 14.3 Å². The average Bonchev–Trinajstić information content (AvgIpc) is 2.81. The molecular weight excluding hydrogens is 475 g/mol. The molecule has 1 atom stereocenters. The van der Waals surface area contributed by atoms with Crippen LogP contribution in [0.4, 0.5) is 13.2 Å². The van der Waals surface area contributed by atoms with Crippen LogP contribution in [0, 0.1) is 11.3 Å². The molecule has 0 bridgehead atoms. The minimum absolute atomic E-state index is 0.129. The van der Waals surface area contributed by atoms with E-state index in [2.05, 4.69) is 16.0 Å². The van der Waals surface area contributed by atoms with E-state index >= 15 is 0 Å². The lowest BCUT2D eigenvalue weighted by atomic mass is 10.1. The summed E-state index contributed by atoms with van der Waals surface area (Å²) in [6, 6.07) is 13.0. The minimum Gasteiger partial charge on any atom is -0.406 e. The molecule has 12 heteroatoms. The van der Waals surface area contributed by atoms with Crippen LogP contribution in [-0.4, -0.2) is 51.6 Å². The van der Waals surface area contributed by atoms with Gasteiger partial charge in [0.1, 0.15) is 5.75 Å². The van der Waals surface area contributed by atoms with Crippen molar-refractivity contribution >= 4 is 15.7 Å². The Kier molecular flexibility index (Phi) is 8.14. The van der Waals surface area contributed by atoms with Gasteiger partial charge in [-0.25, -0.2) is 8.42 Å². The molecule has 0 aromatic heterocycles. The fourth-order valence-electron chi connectivity index (χ4n) is 3.32. The maximum Gasteiger partial charge on any atom is 0.573 e. The van der Waals surface area contributed by atoms with Gasteiger partial charge in [-0.2, -0.15) is 9.57 Å². The second-order valence-electron chi connectivity index (χ2n) is 7.37. The maximum absolute atomic E-state index is 12.8. The molecule has 1 aliphatic heterocycles. The third-order valence-electron chi connectivity index (χ3n) is 5.01. The van der Waals surface area contributed by atoms with Crippen molar-refractivity contribution < 1.29 is 35.9 Å². The normalized spacial score (nSPS) is 15.9. The Hall–Kier alpha value is -3.14. The van der Waals surface area contributed by atoms with Crippen molar-refractivity contribution in [1.29, 1.82) is 5.26 Å². The van der Waals surface area contributed by atoms with Crippen molar-refractivity contribution in [3.8, 4) is 11.8 Å². The molecule has 1 saturated heterocycles. The van der Waals surface area contributed by atoms with Crippen molar-refractivity contribution in [3.63, 3.8) is 0 Å². The standard InChI is InChI=1S/C22H22F3N3O5S/c1-31-15-21(17-4-2-3-16(13-17)14-26)33-27-18-9-11-28(12-10-18)34(29,30)20-7-5-19(6-8-20)32-22(23,24)25/h2-8,13,21H,9-12,15H2,1H3. The number of hydrogen-bond acceptors (Lipinski definition) is 7. The largest absolute Gasteiger partial charge is 0.573 e. The van der Waals surface area contributed by atoms with Gasteiger partial charge in [0.15, 0.2) is 6.10 Å². The monoisotopic (exact) mass is 497 g/mol. The summed E-state index contributed by atoms with van der Waals surface area (Å²) >= 11 is 0. The fourth-order valence-corrected chi connectivity index (χ4v) is 4.77. The molecule has 1 unspecified atom stereocenters. The van der Waals surface area contributed by atoms with E-state index in [1.807, 2.05) is 0 Å². The Balaban J connectivity index is 1.62. The minimum atomic E-state index is -4.86. The van der Waals surface area contributed by atoms with Crippen LogP contribution in [0.1, 0.15) is 30.1 Å². The number of nitriles is 1. The number of ether oxygens (including phenoxy) is 2. The summed E-state index contributed by atoms with van der Waals surface area (Å²) in [5, 5.41) is 13.3. The summed E-state index contributed by atoms with van der Waals surface area (Å²) in [6.07, 6.45) is -4.74. The summed E-state index contributed by atoms with van der Waals surface area (Å²) < 4.78 is 72.8. The van der Waals surface area contributed by atoms with Crippen molar-refractivity contribution in [2.45, 2.75) is 30.2 Å². The van der Waals surface area contributed by atoms with E-state index in [1.54, 1.807) is 24.3 Å². The number of methoxy groups -OCH3 is 1. The van der Waals surface area contributed by atoms with E-state index in [0.717, 1.165) is 29.8 Å². The van der Waals surface area contributed by atoms with Crippen molar-refractivity contribution in [1.82, 2.24) is 4.31 Å². The Morgan fingerprint density at radius 1 is 1.15 bits per heavy atom. The molecule has 182 valence electrons.